The number of anilines is 1. The Bertz CT molecular complexity index is 1130. The minimum atomic E-state index is -0.773. The number of rotatable bonds is 3. The molecule has 5 rings (SSSR count). The van der Waals surface area contributed by atoms with Gasteiger partial charge >= 0.3 is 0 Å². The zero-order valence-electron chi connectivity index (χ0n) is 19.1. The molecule has 1 unspecified atom stereocenters. The number of para-hydroxylation sites is 1. The van der Waals surface area contributed by atoms with E-state index in [9.17, 15) is 9.90 Å². The predicted molar refractivity (Wildman–Crippen MR) is 128 cm³/mol. The number of hydrogen-bond acceptors (Lipinski definition) is 5. The summed E-state index contributed by atoms with van der Waals surface area (Å²) < 4.78 is 1.68. The van der Waals surface area contributed by atoms with Crippen molar-refractivity contribution in [1.29, 1.82) is 0 Å². The third-order valence-electron chi connectivity index (χ3n) is 7.74. The number of aliphatic hydroxyl groups excluding tert-OH is 1. The maximum Gasteiger partial charge on any atom is 0.228 e. The molecular formula is C26H32N4O2. The van der Waals surface area contributed by atoms with Crippen LogP contribution in [-0.2, 0) is 5.54 Å². The first-order valence-corrected chi connectivity index (χ1v) is 11.4. The minimum Gasteiger partial charge on any atom is -0.361 e. The third kappa shape index (κ3) is 3.25. The molecule has 0 amide bonds. The van der Waals surface area contributed by atoms with E-state index in [0.717, 1.165) is 48.8 Å². The second kappa shape index (κ2) is 7.73. The lowest BCUT2D eigenvalue weighted by Crippen LogP contribution is -2.54. The molecule has 2 N–H and O–H groups in total. The highest BCUT2D eigenvalue weighted by Crippen LogP contribution is 2.47. The standard InChI is InChI=1S/C26H32N4O2/c1-19(31)29-17-23(21-11-7-8-12-22(21)29)30-18-25(27-24(30)32)13-15-26(16-14-25,28(2)3)20-9-5-4-6-10-20/h4-12,17,24,27,32H,13-16,18H2,1-3H3/t24?,25-,26+. The summed E-state index contributed by atoms with van der Waals surface area (Å²) in [5.41, 5.74) is 3.01. The fourth-order valence-corrected chi connectivity index (χ4v) is 5.87. The van der Waals surface area contributed by atoms with Gasteiger partial charge in [0.1, 0.15) is 0 Å². The number of carbonyl (C=O) groups excluding carboxylic acids is 1. The lowest BCUT2D eigenvalue weighted by molar-refractivity contribution is 0.0513. The van der Waals surface area contributed by atoms with Gasteiger partial charge in [-0.05, 0) is 51.4 Å². The van der Waals surface area contributed by atoms with E-state index in [4.69, 9.17) is 0 Å². The normalized spacial score (nSPS) is 28.2. The number of benzene rings is 2. The number of carbonyl (C=O) groups is 1. The molecule has 0 bridgehead atoms. The largest absolute Gasteiger partial charge is 0.361 e. The molecule has 2 heterocycles. The first-order chi connectivity index (χ1) is 15.4. The van der Waals surface area contributed by atoms with Gasteiger partial charge in [-0.3, -0.25) is 19.6 Å². The van der Waals surface area contributed by atoms with E-state index < -0.39 is 6.35 Å². The van der Waals surface area contributed by atoms with Crippen LogP contribution in [0.25, 0.3) is 10.9 Å². The Labute approximate surface area is 189 Å². The van der Waals surface area contributed by atoms with E-state index in [1.54, 1.807) is 11.5 Å². The number of hydrogen-bond donors (Lipinski definition) is 2. The van der Waals surface area contributed by atoms with Gasteiger partial charge in [0, 0.05) is 36.1 Å². The van der Waals surface area contributed by atoms with E-state index in [0.29, 0.717) is 0 Å². The number of fused-ring (bicyclic) bond motifs is 1. The highest BCUT2D eigenvalue weighted by atomic mass is 16.3. The van der Waals surface area contributed by atoms with E-state index in [2.05, 4.69) is 54.6 Å². The quantitative estimate of drug-likeness (QED) is 0.660. The summed E-state index contributed by atoms with van der Waals surface area (Å²) in [7, 11) is 4.34. The monoisotopic (exact) mass is 432 g/mol. The van der Waals surface area contributed by atoms with E-state index >= 15 is 0 Å². The van der Waals surface area contributed by atoms with Crippen LogP contribution in [0, 0.1) is 0 Å². The lowest BCUT2D eigenvalue weighted by atomic mass is 9.69. The van der Waals surface area contributed by atoms with Crippen LogP contribution in [0.1, 0.15) is 43.0 Å². The molecule has 1 aliphatic heterocycles. The van der Waals surface area contributed by atoms with Crippen LogP contribution >= 0.6 is 0 Å². The van der Waals surface area contributed by atoms with E-state index in [1.165, 1.54) is 5.56 Å². The molecule has 0 radical (unpaired) electrons. The Balaban J connectivity index is 1.43. The molecule has 3 aromatic rings. The predicted octanol–water partition coefficient (Wildman–Crippen LogP) is 3.76. The van der Waals surface area contributed by atoms with Crippen LogP contribution in [0.3, 0.4) is 0 Å². The van der Waals surface area contributed by atoms with Crippen molar-refractivity contribution in [2.75, 3.05) is 25.5 Å². The Morgan fingerprint density at radius 1 is 1.03 bits per heavy atom. The molecule has 1 saturated carbocycles. The molecule has 6 nitrogen and oxygen atoms in total. The second-order valence-corrected chi connectivity index (χ2v) is 9.64. The van der Waals surface area contributed by atoms with Crippen LogP contribution in [0.4, 0.5) is 5.69 Å². The van der Waals surface area contributed by atoms with E-state index in [1.807, 2.05) is 35.4 Å². The lowest BCUT2D eigenvalue weighted by Gasteiger charge is -2.49. The molecule has 2 aliphatic rings. The van der Waals surface area contributed by atoms with Crippen molar-refractivity contribution in [2.45, 2.75) is 50.0 Å². The minimum absolute atomic E-state index is 0.0111. The van der Waals surface area contributed by atoms with Crippen LogP contribution in [0.5, 0.6) is 0 Å². The Morgan fingerprint density at radius 3 is 2.34 bits per heavy atom. The smallest absolute Gasteiger partial charge is 0.228 e. The summed E-state index contributed by atoms with van der Waals surface area (Å²) in [6, 6.07) is 18.7. The Hall–Kier alpha value is -2.67. The Kier molecular flexibility index (Phi) is 5.12. The molecule has 2 fully saturated rings. The topological polar surface area (TPSA) is 60.7 Å². The van der Waals surface area contributed by atoms with Gasteiger partial charge in [-0.25, -0.2) is 0 Å². The number of aromatic nitrogens is 1. The highest BCUT2D eigenvalue weighted by Gasteiger charge is 2.50. The SMILES string of the molecule is CC(=O)n1cc(N2C[C@]3(CC[C@](c4ccccc4)(N(C)C)CC3)NC2O)c2ccccc21. The first-order valence-electron chi connectivity index (χ1n) is 11.4. The van der Waals surface area contributed by atoms with E-state index in [-0.39, 0.29) is 17.0 Å². The highest BCUT2D eigenvalue weighted by molar-refractivity contribution is 6.00. The number of nitrogens with one attached hydrogen (secondary N) is 1. The zero-order chi connectivity index (χ0) is 22.5. The van der Waals surface area contributed by atoms with Crippen molar-refractivity contribution >= 4 is 22.5 Å². The van der Waals surface area contributed by atoms with Gasteiger partial charge in [0.2, 0.25) is 5.91 Å². The molecule has 168 valence electrons. The van der Waals surface area contributed by atoms with Gasteiger partial charge in [-0.2, -0.15) is 0 Å². The van der Waals surface area contributed by atoms with Crippen molar-refractivity contribution < 1.29 is 9.90 Å². The van der Waals surface area contributed by atoms with Crippen molar-refractivity contribution in [2.24, 2.45) is 0 Å². The van der Waals surface area contributed by atoms with Gasteiger partial charge in [0.05, 0.1) is 11.2 Å². The molecule has 1 atom stereocenters. The molecule has 2 aromatic carbocycles. The Morgan fingerprint density at radius 2 is 1.69 bits per heavy atom. The summed E-state index contributed by atoms with van der Waals surface area (Å²) in [5, 5.41) is 15.5. The summed E-state index contributed by atoms with van der Waals surface area (Å²) in [6.07, 6.45) is 5.08. The van der Waals surface area contributed by atoms with Gasteiger partial charge in [-0.15, -0.1) is 0 Å². The molecule has 6 heteroatoms. The summed E-state index contributed by atoms with van der Waals surface area (Å²) in [6.45, 7) is 2.29. The fourth-order valence-electron chi connectivity index (χ4n) is 5.87. The van der Waals surface area contributed by atoms with Crippen LogP contribution in [-0.4, -0.2) is 53.0 Å². The van der Waals surface area contributed by atoms with Gasteiger partial charge < -0.3 is 10.0 Å². The maximum absolute atomic E-state index is 12.2. The molecular weight excluding hydrogens is 400 g/mol. The molecule has 1 spiro atoms. The average molecular weight is 433 g/mol. The number of aliphatic hydroxyl groups is 1. The summed E-state index contributed by atoms with van der Waals surface area (Å²) in [4.78, 5) is 16.6. The fraction of sp³-hybridized carbons (Fsp3) is 0.423. The van der Waals surface area contributed by atoms with Crippen molar-refractivity contribution in [3.8, 4) is 0 Å². The van der Waals surface area contributed by atoms with Gasteiger partial charge in [0.15, 0.2) is 6.35 Å². The third-order valence-corrected chi connectivity index (χ3v) is 7.74. The summed E-state index contributed by atoms with van der Waals surface area (Å²) in [5.74, 6) is -0.0277. The number of nitrogens with zero attached hydrogens (tertiary/aromatic N) is 3. The van der Waals surface area contributed by atoms with Crippen LogP contribution in [0.2, 0.25) is 0 Å². The van der Waals surface area contributed by atoms with Crippen molar-refractivity contribution in [3.63, 3.8) is 0 Å². The van der Waals surface area contributed by atoms with Crippen LogP contribution < -0.4 is 10.2 Å². The van der Waals surface area contributed by atoms with Crippen molar-refractivity contribution in [3.05, 3.63) is 66.4 Å². The molecule has 1 aromatic heterocycles. The van der Waals surface area contributed by atoms with Crippen LogP contribution in [0.15, 0.2) is 60.8 Å². The van der Waals surface area contributed by atoms with Gasteiger partial charge in [-0.1, -0.05) is 48.5 Å². The maximum atomic E-state index is 12.2. The second-order valence-electron chi connectivity index (χ2n) is 9.64. The first kappa shape index (κ1) is 21.2. The van der Waals surface area contributed by atoms with Crippen molar-refractivity contribution in [1.82, 2.24) is 14.8 Å². The zero-order valence-corrected chi connectivity index (χ0v) is 19.1. The summed E-state index contributed by atoms with van der Waals surface area (Å²) >= 11 is 0. The average Bonchev–Trinajstić information content (AvgIpc) is 3.33. The molecule has 1 aliphatic carbocycles. The molecule has 1 saturated heterocycles. The van der Waals surface area contributed by atoms with Gasteiger partial charge in [0.25, 0.3) is 0 Å². The molecule has 32 heavy (non-hydrogen) atoms.